The molecule has 12 heteroatoms. The minimum absolute atomic E-state index is 0.0847. The van der Waals surface area contributed by atoms with Gasteiger partial charge in [0.25, 0.3) is 0 Å². The number of thiazole rings is 1. The number of rotatable bonds is 5. The van der Waals surface area contributed by atoms with Gasteiger partial charge in [0.15, 0.2) is 16.6 Å². The van der Waals surface area contributed by atoms with Gasteiger partial charge in [-0.3, -0.25) is 10.1 Å². The predicted octanol–water partition coefficient (Wildman–Crippen LogP) is 5.53. The van der Waals surface area contributed by atoms with Crippen molar-refractivity contribution in [1.82, 2.24) is 4.98 Å². The molecule has 2 aromatic rings. The Labute approximate surface area is 177 Å². The van der Waals surface area contributed by atoms with Crippen LogP contribution in [0, 0.1) is 5.92 Å². The highest BCUT2D eigenvalue weighted by atomic mass is 35.5. The van der Waals surface area contributed by atoms with Crippen molar-refractivity contribution in [3.05, 3.63) is 39.4 Å². The fraction of sp³-hybridized carbons (Fsp3) is 0.333. The molecule has 0 aliphatic heterocycles. The highest BCUT2D eigenvalue weighted by Gasteiger charge is 2.33. The number of nitrogens with one attached hydrogen (secondary N) is 2. The Hall–Kier alpha value is -2.66. The number of hydrogen-bond donors (Lipinski definition) is 3. The van der Waals surface area contributed by atoms with E-state index in [2.05, 4.69) is 15.6 Å². The smallest absolute Gasteiger partial charge is 0.416 e. The molecule has 30 heavy (non-hydrogen) atoms. The summed E-state index contributed by atoms with van der Waals surface area (Å²) in [5, 5.41) is 13.4. The molecule has 0 radical (unpaired) electrons. The lowest BCUT2D eigenvalue weighted by atomic mass is 9.93. The van der Waals surface area contributed by atoms with Gasteiger partial charge < -0.3 is 10.4 Å². The van der Waals surface area contributed by atoms with Crippen molar-refractivity contribution in [2.75, 3.05) is 10.6 Å². The van der Waals surface area contributed by atoms with Crippen LogP contribution in [0.3, 0.4) is 0 Å². The minimum atomic E-state index is -4.64. The van der Waals surface area contributed by atoms with Gasteiger partial charge in [0.2, 0.25) is 0 Å². The molecule has 1 aliphatic rings. The number of benzene rings is 1. The maximum atomic E-state index is 13.1. The summed E-state index contributed by atoms with van der Waals surface area (Å²) in [5.74, 6) is -2.23. The van der Waals surface area contributed by atoms with Crippen molar-refractivity contribution in [1.29, 1.82) is 0 Å². The Bertz CT molecular complexity index is 1000. The average molecular weight is 462 g/mol. The Balaban J connectivity index is 1.85. The van der Waals surface area contributed by atoms with Crippen LogP contribution in [0.2, 0.25) is 4.34 Å². The first-order chi connectivity index (χ1) is 14.1. The van der Waals surface area contributed by atoms with Crippen LogP contribution in [-0.2, 0) is 6.18 Å². The third-order valence-corrected chi connectivity index (χ3v) is 5.77. The molecule has 1 aromatic heterocycles. The molecule has 0 spiro atoms. The number of nitrogens with zero attached hydrogens (tertiary/aromatic N) is 1. The third-order valence-electron chi connectivity index (χ3n) is 4.60. The Kier molecular flexibility index (Phi) is 6.32. The van der Waals surface area contributed by atoms with Crippen LogP contribution in [-0.4, -0.2) is 27.9 Å². The molecule has 3 rings (SSSR count). The summed E-state index contributed by atoms with van der Waals surface area (Å²) in [6.07, 6.45) is -1.85. The second kappa shape index (κ2) is 8.60. The Morgan fingerprint density at radius 1 is 1.17 bits per heavy atom. The molecule has 0 bridgehead atoms. The normalized spacial score (nSPS) is 14.5. The van der Waals surface area contributed by atoms with Crippen molar-refractivity contribution < 1.29 is 32.7 Å². The van der Waals surface area contributed by atoms with Gasteiger partial charge in [-0.15, -0.1) is 0 Å². The number of amides is 2. The van der Waals surface area contributed by atoms with Gasteiger partial charge >= 0.3 is 18.2 Å². The number of Topliss-reactive ketones (excluding diaryl/α,β-unsaturated/α-hetero) is 1. The maximum absolute atomic E-state index is 13.1. The molecule has 1 aliphatic carbocycles. The van der Waals surface area contributed by atoms with Gasteiger partial charge in [0.1, 0.15) is 4.34 Å². The maximum Gasteiger partial charge on any atom is 0.416 e. The number of carbonyl (C=O) groups is 3. The quantitative estimate of drug-likeness (QED) is 0.507. The van der Waals surface area contributed by atoms with Crippen molar-refractivity contribution in [3.63, 3.8) is 0 Å². The van der Waals surface area contributed by atoms with Crippen molar-refractivity contribution in [2.45, 2.75) is 31.9 Å². The number of alkyl halides is 3. The number of halogens is 4. The lowest BCUT2D eigenvalue weighted by Crippen LogP contribution is -2.23. The van der Waals surface area contributed by atoms with E-state index in [1.165, 1.54) is 0 Å². The number of carboxylic acids is 1. The van der Waals surface area contributed by atoms with Crippen LogP contribution in [0.4, 0.5) is 28.8 Å². The van der Waals surface area contributed by atoms with E-state index in [1.807, 2.05) is 0 Å². The average Bonchev–Trinajstić information content (AvgIpc) is 3.30. The van der Waals surface area contributed by atoms with E-state index in [-0.39, 0.29) is 20.7 Å². The second-order valence-corrected chi connectivity index (χ2v) is 8.23. The van der Waals surface area contributed by atoms with E-state index in [9.17, 15) is 27.6 Å². The van der Waals surface area contributed by atoms with Gasteiger partial charge in [-0.1, -0.05) is 35.8 Å². The minimum Gasteiger partial charge on any atom is -0.476 e. The zero-order valence-corrected chi connectivity index (χ0v) is 16.7. The zero-order valence-electron chi connectivity index (χ0n) is 15.2. The molecule has 0 saturated heterocycles. The fourth-order valence-electron chi connectivity index (χ4n) is 3.18. The summed E-state index contributed by atoms with van der Waals surface area (Å²) in [7, 11) is 0. The van der Waals surface area contributed by atoms with Gasteiger partial charge in [-0.05, 0) is 31.0 Å². The molecule has 1 saturated carbocycles. The lowest BCUT2D eigenvalue weighted by molar-refractivity contribution is -0.137. The Morgan fingerprint density at radius 2 is 1.83 bits per heavy atom. The van der Waals surface area contributed by atoms with E-state index in [0.29, 0.717) is 24.2 Å². The molecule has 7 nitrogen and oxygen atoms in total. The van der Waals surface area contributed by atoms with E-state index in [0.717, 1.165) is 31.0 Å². The monoisotopic (exact) mass is 461 g/mol. The lowest BCUT2D eigenvalue weighted by Gasteiger charge is -2.16. The molecule has 1 fully saturated rings. The van der Waals surface area contributed by atoms with Gasteiger partial charge in [-0.25, -0.2) is 14.6 Å². The van der Waals surface area contributed by atoms with Gasteiger partial charge in [-0.2, -0.15) is 13.2 Å². The van der Waals surface area contributed by atoms with Crippen LogP contribution in [0.15, 0.2) is 18.2 Å². The number of aromatic nitrogens is 1. The predicted molar refractivity (Wildman–Crippen MR) is 104 cm³/mol. The summed E-state index contributed by atoms with van der Waals surface area (Å²) in [6.45, 7) is 0. The number of carbonyl (C=O) groups excluding carboxylic acids is 2. The van der Waals surface area contributed by atoms with E-state index >= 15 is 0 Å². The van der Waals surface area contributed by atoms with E-state index in [4.69, 9.17) is 16.7 Å². The van der Waals surface area contributed by atoms with Crippen molar-refractivity contribution in [2.24, 2.45) is 5.92 Å². The topological polar surface area (TPSA) is 108 Å². The Morgan fingerprint density at radius 3 is 2.40 bits per heavy atom. The molecular weight excluding hydrogens is 447 g/mol. The molecular formula is C18H15ClF3N3O4S. The summed E-state index contributed by atoms with van der Waals surface area (Å²) in [6, 6.07) is 1.61. The number of carboxylic acid groups (broad SMARTS) is 1. The molecule has 3 N–H and O–H groups in total. The standard InChI is InChI=1S/C18H15ClF3N3O4S/c19-14-12(15(27)28)24-17(30-14)25-16(29)23-11-6-5-9(18(20,21)22)7-10(11)13(26)8-3-1-2-4-8/h5-8H,1-4H2,(H,27,28)(H2,23,24,25,29). The number of aromatic carboxylic acids is 1. The molecule has 0 atom stereocenters. The molecule has 1 heterocycles. The van der Waals surface area contributed by atoms with E-state index < -0.39 is 41.1 Å². The number of ketones is 1. The highest BCUT2D eigenvalue weighted by molar-refractivity contribution is 7.20. The van der Waals surface area contributed by atoms with Gasteiger partial charge in [0, 0.05) is 11.5 Å². The largest absolute Gasteiger partial charge is 0.476 e. The summed E-state index contributed by atoms with van der Waals surface area (Å²) >= 11 is 6.44. The number of urea groups is 1. The first-order valence-corrected chi connectivity index (χ1v) is 9.99. The summed E-state index contributed by atoms with van der Waals surface area (Å²) < 4.78 is 39.2. The summed E-state index contributed by atoms with van der Waals surface area (Å²) in [5.41, 5.74) is -1.75. The molecule has 160 valence electrons. The fourth-order valence-corrected chi connectivity index (χ4v) is 4.20. The molecule has 0 unspecified atom stereocenters. The number of hydrogen-bond acceptors (Lipinski definition) is 5. The SMILES string of the molecule is O=C(Nc1nc(C(=O)O)c(Cl)s1)Nc1ccc(C(F)(F)F)cc1C(=O)C1CCCC1. The zero-order chi connectivity index (χ0) is 22.1. The van der Waals surface area contributed by atoms with Crippen LogP contribution in [0.1, 0.15) is 52.1 Å². The third kappa shape index (κ3) is 4.90. The first-order valence-electron chi connectivity index (χ1n) is 8.79. The molecule has 1 aromatic carbocycles. The van der Waals surface area contributed by atoms with Crippen LogP contribution in [0.5, 0.6) is 0 Å². The van der Waals surface area contributed by atoms with Crippen LogP contribution < -0.4 is 10.6 Å². The first kappa shape index (κ1) is 22.0. The van der Waals surface area contributed by atoms with Crippen molar-refractivity contribution >= 4 is 51.5 Å². The highest BCUT2D eigenvalue weighted by Crippen LogP contribution is 2.35. The number of anilines is 2. The van der Waals surface area contributed by atoms with Crippen molar-refractivity contribution in [3.8, 4) is 0 Å². The van der Waals surface area contributed by atoms with Gasteiger partial charge in [0.05, 0.1) is 11.3 Å². The van der Waals surface area contributed by atoms with Crippen LogP contribution >= 0.6 is 22.9 Å². The van der Waals surface area contributed by atoms with E-state index in [1.54, 1.807) is 0 Å². The molecule has 2 amide bonds. The van der Waals surface area contributed by atoms with Crippen LogP contribution in [0.25, 0.3) is 0 Å². The summed E-state index contributed by atoms with van der Waals surface area (Å²) in [4.78, 5) is 39.7. The second-order valence-electron chi connectivity index (χ2n) is 6.63.